The molecule has 0 heterocycles. The fraction of sp³-hybridized carbons (Fsp3) is 0.333. The molecule has 2 rings (SSSR count). The van der Waals surface area contributed by atoms with Crippen LogP contribution in [0.3, 0.4) is 0 Å². The van der Waals surface area contributed by atoms with Gasteiger partial charge in [-0.1, -0.05) is 24.3 Å². The minimum absolute atomic E-state index is 0.490. The summed E-state index contributed by atoms with van der Waals surface area (Å²) in [6, 6.07) is 8.80. The van der Waals surface area contributed by atoms with Gasteiger partial charge in [-0.05, 0) is 31.4 Å². The first-order valence-corrected chi connectivity index (χ1v) is 6.37. The number of halogens is 1. The molecule has 2 nitrogen and oxygen atoms in total. The van der Waals surface area contributed by atoms with Crippen molar-refractivity contribution in [3.63, 3.8) is 0 Å². The summed E-state index contributed by atoms with van der Waals surface area (Å²) in [5.74, 6) is 0. The zero-order chi connectivity index (χ0) is 10.5. The summed E-state index contributed by atoms with van der Waals surface area (Å²) in [7, 11) is 0. The van der Waals surface area contributed by atoms with Crippen molar-refractivity contribution in [3.8, 4) is 0 Å². The normalized spacial score (nSPS) is 19.9. The van der Waals surface area contributed by atoms with Crippen LogP contribution in [0.1, 0.15) is 19.3 Å². The number of para-hydroxylation sites is 2. The van der Waals surface area contributed by atoms with E-state index in [2.05, 4.69) is 62.1 Å². The summed E-state index contributed by atoms with van der Waals surface area (Å²) >= 11 is 2.17. The minimum atomic E-state index is 0.490. The molecule has 15 heavy (non-hydrogen) atoms. The maximum Gasteiger partial charge on any atom is 0.0662 e. The van der Waals surface area contributed by atoms with Crippen molar-refractivity contribution in [1.29, 1.82) is 0 Å². The first-order chi connectivity index (χ1) is 7.40. The van der Waals surface area contributed by atoms with Gasteiger partial charge in [0.15, 0.2) is 0 Å². The summed E-state index contributed by atoms with van der Waals surface area (Å²) < 4.78 is 3.17. The molecule has 2 N–H and O–H groups in total. The predicted molar refractivity (Wildman–Crippen MR) is 74.5 cm³/mol. The molecule has 1 unspecified atom stereocenters. The van der Waals surface area contributed by atoms with Crippen LogP contribution < -0.4 is 8.85 Å². The van der Waals surface area contributed by atoms with Gasteiger partial charge in [0.25, 0.3) is 0 Å². The molecule has 1 aliphatic carbocycles. The van der Waals surface area contributed by atoms with E-state index in [1.807, 2.05) is 6.07 Å². The van der Waals surface area contributed by atoms with Crippen molar-refractivity contribution >= 4 is 34.2 Å². The number of rotatable bonds is 3. The maximum atomic E-state index is 3.55. The monoisotopic (exact) mass is 314 g/mol. The fourth-order valence-corrected chi connectivity index (χ4v) is 2.29. The third-order valence-corrected chi connectivity index (χ3v) is 3.21. The standard InChI is InChI=1S/C12H15IN2/c13-15-12-9-5-4-8-11(12)14-10-6-2-1-3-7-10/h2,4-6,8-10,14-15H,1,3,7H2. The Morgan fingerprint density at radius 3 is 2.67 bits per heavy atom. The van der Waals surface area contributed by atoms with Crippen LogP contribution in [0.5, 0.6) is 0 Å². The zero-order valence-corrected chi connectivity index (χ0v) is 10.7. The molecule has 0 radical (unpaired) electrons. The van der Waals surface area contributed by atoms with Gasteiger partial charge >= 0.3 is 0 Å². The van der Waals surface area contributed by atoms with E-state index in [0.717, 1.165) is 5.69 Å². The molecule has 1 aromatic rings. The molecule has 0 aromatic heterocycles. The third kappa shape index (κ3) is 2.87. The molecule has 0 saturated heterocycles. The molecule has 0 amide bonds. The summed E-state index contributed by atoms with van der Waals surface area (Å²) in [4.78, 5) is 0. The van der Waals surface area contributed by atoms with E-state index >= 15 is 0 Å². The van der Waals surface area contributed by atoms with E-state index in [1.54, 1.807) is 0 Å². The topological polar surface area (TPSA) is 24.1 Å². The predicted octanol–water partition coefficient (Wildman–Crippen LogP) is 3.97. The summed E-state index contributed by atoms with van der Waals surface area (Å²) in [5, 5.41) is 3.55. The van der Waals surface area contributed by atoms with Gasteiger partial charge in [0.2, 0.25) is 0 Å². The van der Waals surface area contributed by atoms with Gasteiger partial charge in [-0.15, -0.1) is 0 Å². The van der Waals surface area contributed by atoms with Crippen LogP contribution in [0.25, 0.3) is 0 Å². The van der Waals surface area contributed by atoms with Crippen LogP contribution in [0.15, 0.2) is 36.4 Å². The Morgan fingerprint density at radius 2 is 2.00 bits per heavy atom. The average molecular weight is 314 g/mol. The highest BCUT2D eigenvalue weighted by Gasteiger charge is 2.09. The molecule has 1 aromatic carbocycles. The Hall–Kier alpha value is -0.710. The fourth-order valence-electron chi connectivity index (χ4n) is 1.82. The highest BCUT2D eigenvalue weighted by molar-refractivity contribution is 14.1. The Bertz CT molecular complexity index is 349. The van der Waals surface area contributed by atoms with Crippen LogP contribution in [0.2, 0.25) is 0 Å². The van der Waals surface area contributed by atoms with E-state index in [9.17, 15) is 0 Å². The van der Waals surface area contributed by atoms with Crippen molar-refractivity contribution < 1.29 is 0 Å². The Balaban J connectivity index is 2.09. The molecule has 0 bridgehead atoms. The molecule has 0 saturated carbocycles. The Morgan fingerprint density at radius 1 is 1.20 bits per heavy atom. The Kier molecular flexibility index (Phi) is 3.88. The first-order valence-electron chi connectivity index (χ1n) is 5.29. The number of hydrogen-bond acceptors (Lipinski definition) is 2. The Labute approximate surface area is 105 Å². The molecule has 0 spiro atoms. The maximum absolute atomic E-state index is 3.55. The van der Waals surface area contributed by atoms with E-state index in [0.29, 0.717) is 6.04 Å². The number of allylic oxidation sites excluding steroid dienone is 1. The van der Waals surface area contributed by atoms with Gasteiger partial charge in [-0.25, -0.2) is 0 Å². The number of nitrogens with one attached hydrogen (secondary N) is 2. The highest BCUT2D eigenvalue weighted by Crippen LogP contribution is 2.25. The van der Waals surface area contributed by atoms with Gasteiger partial charge in [-0.3, -0.25) is 0 Å². The lowest BCUT2D eigenvalue weighted by Gasteiger charge is -2.20. The van der Waals surface area contributed by atoms with E-state index in [4.69, 9.17) is 0 Å². The smallest absolute Gasteiger partial charge is 0.0662 e. The molecule has 1 atom stereocenters. The number of hydrogen-bond donors (Lipinski definition) is 2. The largest absolute Gasteiger partial charge is 0.377 e. The summed E-state index contributed by atoms with van der Waals surface area (Å²) in [5.41, 5.74) is 2.33. The quantitative estimate of drug-likeness (QED) is 0.501. The molecule has 3 heteroatoms. The second-order valence-corrected chi connectivity index (χ2v) is 4.29. The van der Waals surface area contributed by atoms with Gasteiger partial charge < -0.3 is 8.85 Å². The van der Waals surface area contributed by atoms with Crippen LogP contribution >= 0.6 is 22.9 Å². The van der Waals surface area contributed by atoms with Crippen LogP contribution in [-0.2, 0) is 0 Å². The SMILES string of the molecule is INc1ccccc1NC1C=CCCC1. The zero-order valence-electron chi connectivity index (χ0n) is 8.54. The van der Waals surface area contributed by atoms with Gasteiger partial charge in [-0.2, -0.15) is 0 Å². The van der Waals surface area contributed by atoms with Crippen molar-refractivity contribution in [3.05, 3.63) is 36.4 Å². The number of benzene rings is 1. The lowest BCUT2D eigenvalue weighted by atomic mass is 10.0. The van der Waals surface area contributed by atoms with Crippen molar-refractivity contribution in [2.45, 2.75) is 25.3 Å². The van der Waals surface area contributed by atoms with Crippen molar-refractivity contribution in [1.82, 2.24) is 0 Å². The summed E-state index contributed by atoms with van der Waals surface area (Å²) in [6.45, 7) is 0. The van der Waals surface area contributed by atoms with Crippen molar-refractivity contribution in [2.75, 3.05) is 8.85 Å². The van der Waals surface area contributed by atoms with E-state index in [-0.39, 0.29) is 0 Å². The molecular formula is C12H15IN2. The molecule has 1 aliphatic rings. The average Bonchev–Trinajstić information content (AvgIpc) is 2.31. The molecule has 80 valence electrons. The molecule has 0 fully saturated rings. The lowest BCUT2D eigenvalue weighted by molar-refractivity contribution is 0.674. The van der Waals surface area contributed by atoms with Gasteiger partial charge in [0, 0.05) is 6.04 Å². The molecular weight excluding hydrogens is 299 g/mol. The van der Waals surface area contributed by atoms with E-state index < -0.39 is 0 Å². The highest BCUT2D eigenvalue weighted by atomic mass is 127. The second kappa shape index (κ2) is 5.39. The van der Waals surface area contributed by atoms with Crippen LogP contribution in [-0.4, -0.2) is 6.04 Å². The van der Waals surface area contributed by atoms with Gasteiger partial charge in [0.05, 0.1) is 34.2 Å². The lowest BCUT2D eigenvalue weighted by Crippen LogP contribution is -2.18. The first kappa shape index (κ1) is 10.8. The van der Waals surface area contributed by atoms with Crippen LogP contribution in [0, 0.1) is 0 Å². The van der Waals surface area contributed by atoms with Crippen LogP contribution in [0.4, 0.5) is 11.4 Å². The van der Waals surface area contributed by atoms with Gasteiger partial charge in [0.1, 0.15) is 0 Å². The number of anilines is 2. The second-order valence-electron chi connectivity index (χ2n) is 3.75. The summed E-state index contributed by atoms with van der Waals surface area (Å²) in [6.07, 6.45) is 8.28. The molecule has 0 aliphatic heterocycles. The van der Waals surface area contributed by atoms with E-state index in [1.165, 1.54) is 24.9 Å². The minimum Gasteiger partial charge on any atom is -0.377 e. The van der Waals surface area contributed by atoms with Crippen molar-refractivity contribution in [2.24, 2.45) is 0 Å². The third-order valence-electron chi connectivity index (χ3n) is 2.62.